The number of aromatic nitrogens is 1. The number of rotatable bonds is 1. The van der Waals surface area contributed by atoms with E-state index in [4.69, 9.17) is 0 Å². The summed E-state index contributed by atoms with van der Waals surface area (Å²) >= 11 is 0. The van der Waals surface area contributed by atoms with Crippen LogP contribution in [-0.4, -0.2) is 4.98 Å². The molecule has 1 heterocycles. The van der Waals surface area contributed by atoms with Crippen LogP contribution in [0, 0.1) is 13.8 Å². The molecule has 0 unspecified atom stereocenters. The van der Waals surface area contributed by atoms with Crippen LogP contribution in [0.4, 0.5) is 0 Å². The highest BCUT2D eigenvalue weighted by atomic mass is 16.1. The number of pyridine rings is 1. The van der Waals surface area contributed by atoms with Gasteiger partial charge in [-0.05, 0) is 31.5 Å². The summed E-state index contributed by atoms with van der Waals surface area (Å²) in [6.07, 6.45) is 0. The van der Waals surface area contributed by atoms with Gasteiger partial charge in [0.25, 0.3) is 5.56 Å². The van der Waals surface area contributed by atoms with E-state index in [9.17, 15) is 4.79 Å². The molecule has 1 aromatic carbocycles. The molecule has 0 aliphatic heterocycles. The van der Waals surface area contributed by atoms with Crippen LogP contribution >= 0.6 is 0 Å². The van der Waals surface area contributed by atoms with Gasteiger partial charge in [-0.3, -0.25) is 4.79 Å². The van der Waals surface area contributed by atoms with Gasteiger partial charge in [-0.1, -0.05) is 29.8 Å². The average Bonchev–Trinajstić information content (AvgIpc) is 2.20. The molecule has 0 aliphatic carbocycles. The second-order valence-corrected chi connectivity index (χ2v) is 3.75. The second kappa shape index (κ2) is 3.73. The van der Waals surface area contributed by atoms with Crippen molar-refractivity contribution in [2.24, 2.45) is 0 Å². The third-order valence-corrected chi connectivity index (χ3v) is 2.42. The van der Waals surface area contributed by atoms with E-state index in [1.807, 2.05) is 50.2 Å². The average molecular weight is 199 g/mol. The van der Waals surface area contributed by atoms with Gasteiger partial charge >= 0.3 is 0 Å². The zero-order valence-corrected chi connectivity index (χ0v) is 8.87. The Labute approximate surface area is 88.6 Å². The summed E-state index contributed by atoms with van der Waals surface area (Å²) in [7, 11) is 0. The molecule has 0 saturated carbocycles. The molecule has 1 aromatic heterocycles. The molecule has 0 saturated heterocycles. The fourth-order valence-electron chi connectivity index (χ4n) is 1.53. The van der Waals surface area contributed by atoms with E-state index in [2.05, 4.69) is 4.98 Å². The van der Waals surface area contributed by atoms with Gasteiger partial charge in [0.05, 0.1) is 0 Å². The summed E-state index contributed by atoms with van der Waals surface area (Å²) in [6.45, 7) is 3.91. The fourth-order valence-corrected chi connectivity index (χ4v) is 1.53. The third-order valence-electron chi connectivity index (χ3n) is 2.42. The molecule has 2 heteroatoms. The minimum atomic E-state index is -0.0288. The maximum absolute atomic E-state index is 11.7. The van der Waals surface area contributed by atoms with E-state index in [-0.39, 0.29) is 5.56 Å². The zero-order valence-electron chi connectivity index (χ0n) is 8.87. The predicted molar refractivity (Wildman–Crippen MR) is 62.0 cm³/mol. The van der Waals surface area contributed by atoms with E-state index in [1.165, 1.54) is 5.56 Å². The van der Waals surface area contributed by atoms with Gasteiger partial charge < -0.3 is 4.98 Å². The molecule has 2 aromatic rings. The third kappa shape index (κ3) is 1.99. The van der Waals surface area contributed by atoms with Gasteiger partial charge in [0, 0.05) is 11.3 Å². The lowest BCUT2D eigenvalue weighted by atomic mass is 10.1. The van der Waals surface area contributed by atoms with E-state index < -0.39 is 0 Å². The minimum absolute atomic E-state index is 0.0288. The molecule has 15 heavy (non-hydrogen) atoms. The van der Waals surface area contributed by atoms with Crippen molar-refractivity contribution in [1.29, 1.82) is 0 Å². The van der Waals surface area contributed by atoms with Crippen LogP contribution in [0.5, 0.6) is 0 Å². The molecule has 0 spiro atoms. The number of nitrogens with one attached hydrogen (secondary N) is 1. The summed E-state index contributed by atoms with van der Waals surface area (Å²) in [5.41, 5.74) is 3.74. The smallest absolute Gasteiger partial charge is 0.256 e. The van der Waals surface area contributed by atoms with E-state index >= 15 is 0 Å². The fraction of sp³-hybridized carbons (Fsp3) is 0.154. The molecule has 0 bridgehead atoms. The van der Waals surface area contributed by atoms with E-state index in [0.717, 1.165) is 16.8 Å². The topological polar surface area (TPSA) is 32.9 Å². The molecule has 0 fully saturated rings. The van der Waals surface area contributed by atoms with Crippen LogP contribution in [0.2, 0.25) is 0 Å². The number of hydrogen-bond donors (Lipinski definition) is 1. The lowest BCUT2D eigenvalue weighted by Gasteiger charge is -2.01. The highest BCUT2D eigenvalue weighted by molar-refractivity contribution is 5.62. The second-order valence-electron chi connectivity index (χ2n) is 3.75. The molecular weight excluding hydrogens is 186 g/mol. The lowest BCUT2D eigenvalue weighted by molar-refractivity contribution is 1.15. The molecule has 0 amide bonds. The normalized spacial score (nSPS) is 10.3. The highest BCUT2D eigenvalue weighted by Gasteiger charge is 2.01. The van der Waals surface area contributed by atoms with Gasteiger partial charge in [-0.15, -0.1) is 0 Å². The Morgan fingerprint density at radius 1 is 0.933 bits per heavy atom. The molecule has 0 atom stereocenters. The summed E-state index contributed by atoms with van der Waals surface area (Å²) in [6, 6.07) is 11.7. The monoisotopic (exact) mass is 199 g/mol. The molecular formula is C13H13NO. The summed E-state index contributed by atoms with van der Waals surface area (Å²) in [5.74, 6) is 0. The minimum Gasteiger partial charge on any atom is -0.326 e. The van der Waals surface area contributed by atoms with Crippen molar-refractivity contribution in [2.45, 2.75) is 13.8 Å². The first-order valence-electron chi connectivity index (χ1n) is 4.94. The molecule has 2 nitrogen and oxygen atoms in total. The Morgan fingerprint density at radius 2 is 1.60 bits per heavy atom. The SMILES string of the molecule is Cc1ccc(-c2ccc(C)[nH]c2=O)cc1. The van der Waals surface area contributed by atoms with Crippen LogP contribution in [0.3, 0.4) is 0 Å². The number of aryl methyl sites for hydroxylation is 2. The van der Waals surface area contributed by atoms with Crippen molar-refractivity contribution in [2.75, 3.05) is 0 Å². The van der Waals surface area contributed by atoms with Crippen molar-refractivity contribution < 1.29 is 0 Å². The molecule has 0 aliphatic rings. The number of hydrogen-bond acceptors (Lipinski definition) is 1. The van der Waals surface area contributed by atoms with Gasteiger partial charge in [0.15, 0.2) is 0 Å². The maximum atomic E-state index is 11.7. The van der Waals surface area contributed by atoms with Crippen molar-refractivity contribution >= 4 is 0 Å². The van der Waals surface area contributed by atoms with E-state index in [0.29, 0.717) is 0 Å². The number of aromatic amines is 1. The van der Waals surface area contributed by atoms with Crippen LogP contribution in [-0.2, 0) is 0 Å². The van der Waals surface area contributed by atoms with Crippen LogP contribution in [0.15, 0.2) is 41.2 Å². The Hall–Kier alpha value is -1.83. The lowest BCUT2D eigenvalue weighted by Crippen LogP contribution is -2.09. The van der Waals surface area contributed by atoms with Gasteiger partial charge in [0.1, 0.15) is 0 Å². The van der Waals surface area contributed by atoms with Crippen LogP contribution in [0.1, 0.15) is 11.3 Å². The van der Waals surface area contributed by atoms with Gasteiger partial charge in [-0.25, -0.2) is 0 Å². The molecule has 2 rings (SSSR count). The van der Waals surface area contributed by atoms with E-state index in [1.54, 1.807) is 0 Å². The maximum Gasteiger partial charge on any atom is 0.256 e. The predicted octanol–water partition coefficient (Wildman–Crippen LogP) is 2.66. The van der Waals surface area contributed by atoms with Crippen molar-refractivity contribution in [1.82, 2.24) is 4.98 Å². The standard InChI is InChI=1S/C13H13NO/c1-9-3-6-11(7-4-9)12-8-5-10(2)14-13(12)15/h3-8H,1-2H3,(H,14,15). The molecule has 0 radical (unpaired) electrons. The number of benzene rings is 1. The van der Waals surface area contributed by atoms with Gasteiger partial charge in [0.2, 0.25) is 0 Å². The Balaban J connectivity index is 2.55. The molecule has 76 valence electrons. The van der Waals surface area contributed by atoms with Crippen LogP contribution < -0.4 is 5.56 Å². The number of H-pyrrole nitrogens is 1. The van der Waals surface area contributed by atoms with Crippen LogP contribution in [0.25, 0.3) is 11.1 Å². The van der Waals surface area contributed by atoms with Crippen molar-refractivity contribution in [3.63, 3.8) is 0 Å². The highest BCUT2D eigenvalue weighted by Crippen LogP contribution is 2.15. The first-order valence-corrected chi connectivity index (χ1v) is 4.94. The summed E-state index contributed by atoms with van der Waals surface area (Å²) in [4.78, 5) is 14.5. The Bertz CT molecular complexity index is 523. The summed E-state index contributed by atoms with van der Waals surface area (Å²) < 4.78 is 0. The first kappa shape index (κ1) is 9.71. The quantitative estimate of drug-likeness (QED) is 0.752. The molecule has 1 N–H and O–H groups in total. The first-order chi connectivity index (χ1) is 7.16. The Kier molecular flexibility index (Phi) is 2.42. The van der Waals surface area contributed by atoms with Gasteiger partial charge in [-0.2, -0.15) is 0 Å². The van der Waals surface area contributed by atoms with Crippen molar-refractivity contribution in [3.8, 4) is 11.1 Å². The zero-order chi connectivity index (χ0) is 10.8. The largest absolute Gasteiger partial charge is 0.326 e. The Morgan fingerprint density at radius 3 is 2.20 bits per heavy atom. The van der Waals surface area contributed by atoms with Crippen molar-refractivity contribution in [3.05, 3.63) is 58.0 Å². The summed E-state index contributed by atoms with van der Waals surface area (Å²) in [5, 5.41) is 0.